The maximum Gasteiger partial charge on any atom is 0.182 e. The highest BCUT2D eigenvalue weighted by molar-refractivity contribution is 7.19. The van der Waals surface area contributed by atoms with Crippen molar-refractivity contribution in [3.05, 3.63) is 29.8 Å². The first kappa shape index (κ1) is 11.9. The summed E-state index contributed by atoms with van der Waals surface area (Å²) in [5.74, 6) is 0. The molecule has 0 fully saturated rings. The van der Waals surface area contributed by atoms with Crippen molar-refractivity contribution in [2.45, 2.75) is 26.2 Å². The van der Waals surface area contributed by atoms with Gasteiger partial charge in [-0.05, 0) is 11.0 Å². The number of nitrogens with zero attached hydrogens (tertiary/aromatic N) is 1. The molecule has 17 heavy (non-hydrogen) atoms. The molecule has 1 heterocycles. The van der Waals surface area contributed by atoms with E-state index >= 15 is 0 Å². The molecule has 0 radical (unpaired) electrons. The van der Waals surface area contributed by atoms with Crippen molar-refractivity contribution < 1.29 is 0 Å². The lowest BCUT2D eigenvalue weighted by atomic mass is 9.86. The van der Waals surface area contributed by atoms with Crippen LogP contribution in [-0.2, 0) is 5.41 Å². The van der Waals surface area contributed by atoms with Crippen LogP contribution in [0.15, 0.2) is 24.3 Å². The molecule has 3 nitrogen and oxygen atoms in total. The van der Waals surface area contributed by atoms with Gasteiger partial charge in [-0.25, -0.2) is 4.98 Å². The van der Waals surface area contributed by atoms with Gasteiger partial charge in [-0.3, -0.25) is 0 Å². The van der Waals surface area contributed by atoms with E-state index in [2.05, 4.69) is 37.9 Å². The molecule has 2 aromatic rings. The van der Waals surface area contributed by atoms with Crippen molar-refractivity contribution >= 4 is 21.5 Å². The normalized spacial score (nSPS) is 11.7. The summed E-state index contributed by atoms with van der Waals surface area (Å²) in [6, 6.07) is 8.32. The van der Waals surface area contributed by atoms with Crippen LogP contribution >= 0.6 is 11.3 Å². The minimum absolute atomic E-state index is 0.158. The van der Waals surface area contributed by atoms with Crippen molar-refractivity contribution in [1.29, 1.82) is 0 Å². The lowest BCUT2D eigenvalue weighted by molar-refractivity contribution is 0.590. The Hall–Kier alpha value is -1.55. The standard InChI is InChI=1S/C13H17N3S/c1-13(2,3)9-6-4-8(5-7-9)10-11(14)17-12(15)16-10/h4-7H,14H2,1-3H3,(H2,15,16). The van der Waals surface area contributed by atoms with E-state index in [1.807, 2.05) is 12.1 Å². The van der Waals surface area contributed by atoms with Crippen LogP contribution in [0.1, 0.15) is 26.3 Å². The van der Waals surface area contributed by atoms with E-state index in [-0.39, 0.29) is 5.41 Å². The van der Waals surface area contributed by atoms with Crippen LogP contribution in [0.2, 0.25) is 0 Å². The van der Waals surface area contributed by atoms with Gasteiger partial charge in [0.2, 0.25) is 0 Å². The maximum atomic E-state index is 5.87. The SMILES string of the molecule is CC(C)(C)c1ccc(-c2nc(N)sc2N)cc1. The van der Waals surface area contributed by atoms with E-state index in [0.29, 0.717) is 10.1 Å². The van der Waals surface area contributed by atoms with Gasteiger partial charge in [-0.15, -0.1) is 0 Å². The molecule has 4 N–H and O–H groups in total. The molecule has 0 bridgehead atoms. The molecule has 1 aromatic carbocycles. The van der Waals surface area contributed by atoms with Crippen molar-refractivity contribution in [1.82, 2.24) is 4.98 Å². The van der Waals surface area contributed by atoms with E-state index in [0.717, 1.165) is 11.3 Å². The van der Waals surface area contributed by atoms with Gasteiger partial charge in [0.25, 0.3) is 0 Å². The van der Waals surface area contributed by atoms with Crippen LogP contribution in [0.4, 0.5) is 10.1 Å². The molecule has 0 atom stereocenters. The Kier molecular flexibility index (Phi) is 2.83. The summed E-state index contributed by atoms with van der Waals surface area (Å²) in [5, 5.41) is 1.18. The molecule has 2 rings (SSSR count). The van der Waals surface area contributed by atoms with Crippen LogP contribution < -0.4 is 11.5 Å². The fraction of sp³-hybridized carbons (Fsp3) is 0.308. The smallest absolute Gasteiger partial charge is 0.182 e. The van der Waals surface area contributed by atoms with E-state index in [1.54, 1.807) is 0 Å². The van der Waals surface area contributed by atoms with Gasteiger partial charge in [0.15, 0.2) is 5.13 Å². The first-order valence-corrected chi connectivity index (χ1v) is 6.32. The molecular weight excluding hydrogens is 230 g/mol. The van der Waals surface area contributed by atoms with Gasteiger partial charge >= 0.3 is 0 Å². The fourth-order valence-corrected chi connectivity index (χ4v) is 2.31. The second-order valence-corrected chi connectivity index (χ2v) is 6.15. The first-order chi connectivity index (χ1) is 7.88. The summed E-state index contributed by atoms with van der Waals surface area (Å²) in [6.07, 6.45) is 0. The molecule has 4 heteroatoms. The highest BCUT2D eigenvalue weighted by atomic mass is 32.1. The highest BCUT2D eigenvalue weighted by Gasteiger charge is 2.14. The lowest BCUT2D eigenvalue weighted by Gasteiger charge is -2.18. The Labute approximate surface area is 105 Å². The summed E-state index contributed by atoms with van der Waals surface area (Å²) >= 11 is 1.32. The number of hydrogen-bond donors (Lipinski definition) is 2. The number of anilines is 2. The van der Waals surface area contributed by atoms with Crippen LogP contribution in [0.3, 0.4) is 0 Å². The Morgan fingerprint density at radius 2 is 1.65 bits per heavy atom. The average molecular weight is 247 g/mol. The van der Waals surface area contributed by atoms with Crippen LogP contribution in [0, 0.1) is 0 Å². The summed E-state index contributed by atoms with van der Waals surface area (Å²) in [7, 11) is 0. The molecule has 0 spiro atoms. The van der Waals surface area contributed by atoms with Gasteiger partial charge in [-0.1, -0.05) is 56.4 Å². The molecule has 90 valence electrons. The third-order valence-corrected chi connectivity index (χ3v) is 3.41. The largest absolute Gasteiger partial charge is 0.389 e. The minimum atomic E-state index is 0.158. The third kappa shape index (κ3) is 2.42. The fourth-order valence-electron chi connectivity index (χ4n) is 1.68. The number of nitrogens with two attached hydrogens (primary N) is 2. The molecule has 0 unspecified atom stereocenters. The van der Waals surface area contributed by atoms with E-state index in [4.69, 9.17) is 11.5 Å². The Balaban J connectivity index is 2.39. The predicted molar refractivity (Wildman–Crippen MR) is 75.1 cm³/mol. The molecule has 0 saturated carbocycles. The summed E-state index contributed by atoms with van der Waals surface area (Å²) in [4.78, 5) is 4.24. The second-order valence-electron chi connectivity index (χ2n) is 5.09. The quantitative estimate of drug-likeness (QED) is 0.812. The molecule has 0 aliphatic heterocycles. The van der Waals surface area contributed by atoms with Crippen molar-refractivity contribution in [2.24, 2.45) is 0 Å². The number of thiazole rings is 1. The van der Waals surface area contributed by atoms with E-state index in [9.17, 15) is 0 Å². The summed E-state index contributed by atoms with van der Waals surface area (Å²) < 4.78 is 0. The van der Waals surface area contributed by atoms with Crippen LogP contribution in [0.5, 0.6) is 0 Å². The highest BCUT2D eigenvalue weighted by Crippen LogP contribution is 2.33. The van der Waals surface area contributed by atoms with Crippen molar-refractivity contribution in [2.75, 3.05) is 11.5 Å². The molecule has 0 amide bonds. The molecule has 1 aromatic heterocycles. The van der Waals surface area contributed by atoms with Gasteiger partial charge < -0.3 is 11.5 Å². The van der Waals surface area contributed by atoms with Gasteiger partial charge in [0, 0.05) is 5.56 Å². The monoisotopic (exact) mass is 247 g/mol. The second kappa shape index (κ2) is 4.04. The van der Waals surface area contributed by atoms with Crippen LogP contribution in [-0.4, -0.2) is 4.98 Å². The molecule has 0 aliphatic rings. The minimum Gasteiger partial charge on any atom is -0.389 e. The number of rotatable bonds is 1. The number of nitrogen functional groups attached to an aromatic ring is 2. The summed E-state index contributed by atoms with van der Waals surface area (Å²) in [5.41, 5.74) is 14.8. The Morgan fingerprint density at radius 3 is 2.06 bits per heavy atom. The van der Waals surface area contributed by atoms with E-state index in [1.165, 1.54) is 16.9 Å². The number of hydrogen-bond acceptors (Lipinski definition) is 4. The number of benzene rings is 1. The zero-order valence-corrected chi connectivity index (χ0v) is 11.1. The van der Waals surface area contributed by atoms with Crippen molar-refractivity contribution in [3.8, 4) is 11.3 Å². The predicted octanol–water partition coefficient (Wildman–Crippen LogP) is 3.27. The Bertz CT molecular complexity index is 521. The third-order valence-electron chi connectivity index (χ3n) is 2.69. The maximum absolute atomic E-state index is 5.87. The molecular formula is C13H17N3S. The topological polar surface area (TPSA) is 64.9 Å². The summed E-state index contributed by atoms with van der Waals surface area (Å²) in [6.45, 7) is 6.57. The van der Waals surface area contributed by atoms with E-state index < -0.39 is 0 Å². The molecule has 0 aliphatic carbocycles. The van der Waals surface area contributed by atoms with Crippen LogP contribution in [0.25, 0.3) is 11.3 Å². The van der Waals surface area contributed by atoms with Gasteiger partial charge in [0.1, 0.15) is 10.7 Å². The van der Waals surface area contributed by atoms with Gasteiger partial charge in [0.05, 0.1) is 0 Å². The van der Waals surface area contributed by atoms with Gasteiger partial charge in [-0.2, -0.15) is 0 Å². The zero-order valence-electron chi connectivity index (χ0n) is 10.3. The lowest BCUT2D eigenvalue weighted by Crippen LogP contribution is -2.10. The number of aromatic nitrogens is 1. The van der Waals surface area contributed by atoms with Crippen molar-refractivity contribution in [3.63, 3.8) is 0 Å². The first-order valence-electron chi connectivity index (χ1n) is 5.50. The Morgan fingerprint density at radius 1 is 1.06 bits per heavy atom. The zero-order chi connectivity index (χ0) is 12.6. The average Bonchev–Trinajstić information content (AvgIpc) is 2.57. The molecule has 0 saturated heterocycles.